The van der Waals surface area contributed by atoms with E-state index in [1.807, 2.05) is 6.92 Å². The third-order valence-electron chi connectivity index (χ3n) is 3.57. The van der Waals surface area contributed by atoms with E-state index in [-0.39, 0.29) is 11.6 Å². The Morgan fingerprint density at radius 1 is 1.31 bits per heavy atom. The first kappa shape index (κ1) is 13.3. The average Bonchev–Trinajstić information content (AvgIpc) is 2.28. The molecule has 0 atom stereocenters. The van der Waals surface area contributed by atoms with Gasteiger partial charge in [0.15, 0.2) is 0 Å². The van der Waals surface area contributed by atoms with Gasteiger partial charge in [-0.2, -0.15) is 0 Å². The van der Waals surface area contributed by atoms with Crippen LogP contribution in [0.5, 0.6) is 0 Å². The molecule has 0 aromatic rings. The predicted molar refractivity (Wildman–Crippen MR) is 64.5 cm³/mol. The van der Waals surface area contributed by atoms with Gasteiger partial charge in [-0.25, -0.2) is 4.79 Å². The van der Waals surface area contributed by atoms with E-state index in [0.717, 1.165) is 12.8 Å². The number of carbonyl (C=O) groups excluding carboxylic acids is 1. The van der Waals surface area contributed by atoms with Gasteiger partial charge < -0.3 is 15.0 Å². The quantitative estimate of drug-likeness (QED) is 0.800. The van der Waals surface area contributed by atoms with Crippen molar-refractivity contribution in [1.29, 1.82) is 0 Å². The van der Waals surface area contributed by atoms with Crippen molar-refractivity contribution in [2.45, 2.75) is 44.6 Å². The van der Waals surface area contributed by atoms with Crippen LogP contribution in [0.4, 0.5) is 4.79 Å². The zero-order chi connectivity index (χ0) is 12.0. The van der Waals surface area contributed by atoms with Gasteiger partial charge in [0, 0.05) is 12.1 Å². The zero-order valence-electron chi connectivity index (χ0n) is 10.7. The molecular formula is C12H24N2O2. The fraction of sp³-hybridized carbons (Fsp3) is 0.917. The van der Waals surface area contributed by atoms with Gasteiger partial charge in [0.25, 0.3) is 0 Å². The summed E-state index contributed by atoms with van der Waals surface area (Å²) in [5, 5.41) is 2.87. The number of likely N-dealkylation sites (N-methyl/N-ethyl adjacent to an activating group) is 1. The minimum Gasteiger partial charge on any atom is -0.450 e. The van der Waals surface area contributed by atoms with Gasteiger partial charge in [-0.05, 0) is 33.9 Å². The van der Waals surface area contributed by atoms with Crippen LogP contribution in [0.25, 0.3) is 0 Å². The zero-order valence-corrected chi connectivity index (χ0v) is 10.7. The summed E-state index contributed by atoms with van der Waals surface area (Å²) in [6.07, 6.45) is 5.84. The highest BCUT2D eigenvalue weighted by Gasteiger charge is 2.34. The standard InChI is InChI=1S/C12H24N2O2/c1-4-16-11(15)13-10-12(14(2)3)8-6-5-7-9-12/h4-10H2,1-3H3,(H,13,15). The van der Waals surface area contributed by atoms with Gasteiger partial charge >= 0.3 is 6.09 Å². The summed E-state index contributed by atoms with van der Waals surface area (Å²) >= 11 is 0. The summed E-state index contributed by atoms with van der Waals surface area (Å²) in [4.78, 5) is 13.5. The van der Waals surface area contributed by atoms with Crippen molar-refractivity contribution in [3.8, 4) is 0 Å². The van der Waals surface area contributed by atoms with Crippen molar-refractivity contribution < 1.29 is 9.53 Å². The second-order valence-electron chi connectivity index (χ2n) is 4.75. The van der Waals surface area contributed by atoms with E-state index in [2.05, 4.69) is 24.3 Å². The molecule has 0 aliphatic heterocycles. The first-order chi connectivity index (χ1) is 7.60. The third kappa shape index (κ3) is 3.37. The molecule has 1 saturated carbocycles. The molecule has 1 aliphatic rings. The van der Waals surface area contributed by atoms with Crippen molar-refractivity contribution in [3.63, 3.8) is 0 Å². The largest absolute Gasteiger partial charge is 0.450 e. The molecule has 1 rings (SSSR count). The van der Waals surface area contributed by atoms with Gasteiger partial charge in [-0.1, -0.05) is 19.3 Å². The van der Waals surface area contributed by atoms with Crippen molar-refractivity contribution in [2.75, 3.05) is 27.2 Å². The lowest BCUT2D eigenvalue weighted by atomic mass is 9.80. The second kappa shape index (κ2) is 6.09. The highest BCUT2D eigenvalue weighted by atomic mass is 16.5. The number of rotatable bonds is 4. The van der Waals surface area contributed by atoms with Crippen LogP contribution < -0.4 is 5.32 Å². The third-order valence-corrected chi connectivity index (χ3v) is 3.57. The number of nitrogens with one attached hydrogen (secondary N) is 1. The molecule has 4 nitrogen and oxygen atoms in total. The fourth-order valence-electron chi connectivity index (χ4n) is 2.41. The number of nitrogens with zero attached hydrogens (tertiary/aromatic N) is 1. The first-order valence-corrected chi connectivity index (χ1v) is 6.19. The lowest BCUT2D eigenvalue weighted by Gasteiger charge is -2.43. The first-order valence-electron chi connectivity index (χ1n) is 6.19. The Hall–Kier alpha value is -0.770. The molecule has 1 aliphatic carbocycles. The van der Waals surface area contributed by atoms with E-state index in [9.17, 15) is 4.79 Å². The van der Waals surface area contributed by atoms with Gasteiger partial charge in [-0.15, -0.1) is 0 Å². The summed E-state index contributed by atoms with van der Waals surface area (Å²) in [7, 11) is 4.19. The van der Waals surface area contributed by atoms with Crippen LogP contribution in [0.15, 0.2) is 0 Å². The summed E-state index contributed by atoms with van der Waals surface area (Å²) < 4.78 is 4.89. The minimum absolute atomic E-state index is 0.130. The molecule has 1 amide bonds. The maximum absolute atomic E-state index is 11.3. The molecule has 16 heavy (non-hydrogen) atoms. The Morgan fingerprint density at radius 2 is 1.94 bits per heavy atom. The highest BCUT2D eigenvalue weighted by Crippen LogP contribution is 2.31. The summed E-state index contributed by atoms with van der Waals surface area (Å²) in [6, 6.07) is 0. The van der Waals surface area contributed by atoms with Crippen LogP contribution in [-0.4, -0.2) is 43.8 Å². The summed E-state index contributed by atoms with van der Waals surface area (Å²) in [5.74, 6) is 0. The number of amides is 1. The smallest absolute Gasteiger partial charge is 0.407 e. The monoisotopic (exact) mass is 228 g/mol. The van der Waals surface area contributed by atoms with Crippen molar-refractivity contribution >= 4 is 6.09 Å². The van der Waals surface area contributed by atoms with Crippen LogP contribution in [0.3, 0.4) is 0 Å². The average molecular weight is 228 g/mol. The van der Waals surface area contributed by atoms with Crippen LogP contribution >= 0.6 is 0 Å². The Kier molecular flexibility index (Phi) is 5.06. The maximum atomic E-state index is 11.3. The van der Waals surface area contributed by atoms with Gasteiger partial charge in [-0.3, -0.25) is 0 Å². The van der Waals surface area contributed by atoms with Crippen molar-refractivity contribution in [1.82, 2.24) is 10.2 Å². The van der Waals surface area contributed by atoms with E-state index in [4.69, 9.17) is 4.74 Å². The molecule has 4 heteroatoms. The molecule has 0 spiro atoms. The topological polar surface area (TPSA) is 41.6 Å². The fourth-order valence-corrected chi connectivity index (χ4v) is 2.41. The molecule has 0 unspecified atom stereocenters. The van der Waals surface area contributed by atoms with E-state index < -0.39 is 0 Å². The SMILES string of the molecule is CCOC(=O)NCC1(N(C)C)CCCCC1. The number of ether oxygens (including phenoxy) is 1. The summed E-state index contributed by atoms with van der Waals surface area (Å²) in [5.41, 5.74) is 0.130. The van der Waals surface area contributed by atoms with E-state index in [1.54, 1.807) is 0 Å². The molecule has 1 fully saturated rings. The van der Waals surface area contributed by atoms with Crippen LogP contribution in [0.2, 0.25) is 0 Å². The van der Waals surface area contributed by atoms with Crippen LogP contribution in [-0.2, 0) is 4.74 Å². The van der Waals surface area contributed by atoms with E-state index in [0.29, 0.717) is 13.2 Å². The number of hydrogen-bond acceptors (Lipinski definition) is 3. The predicted octanol–water partition coefficient (Wildman–Crippen LogP) is 2.00. The number of hydrogen-bond donors (Lipinski definition) is 1. The highest BCUT2D eigenvalue weighted by molar-refractivity contribution is 5.67. The van der Waals surface area contributed by atoms with Gasteiger partial charge in [0.1, 0.15) is 0 Å². The molecule has 0 aromatic carbocycles. The lowest BCUT2D eigenvalue weighted by molar-refractivity contribution is 0.0914. The molecule has 0 bridgehead atoms. The molecule has 0 saturated heterocycles. The van der Waals surface area contributed by atoms with Gasteiger partial charge in [0.05, 0.1) is 6.61 Å². The molecule has 0 aromatic heterocycles. The Morgan fingerprint density at radius 3 is 2.44 bits per heavy atom. The second-order valence-corrected chi connectivity index (χ2v) is 4.75. The Bertz CT molecular complexity index is 223. The maximum Gasteiger partial charge on any atom is 0.407 e. The van der Waals surface area contributed by atoms with Crippen molar-refractivity contribution in [3.05, 3.63) is 0 Å². The van der Waals surface area contributed by atoms with Crippen molar-refractivity contribution in [2.24, 2.45) is 0 Å². The van der Waals surface area contributed by atoms with E-state index >= 15 is 0 Å². The molecule has 1 N–H and O–H groups in total. The molecule has 0 radical (unpaired) electrons. The lowest BCUT2D eigenvalue weighted by Crippen LogP contribution is -2.53. The van der Waals surface area contributed by atoms with E-state index in [1.165, 1.54) is 19.3 Å². The number of alkyl carbamates (subject to hydrolysis) is 1. The molecule has 94 valence electrons. The molecule has 0 heterocycles. The van der Waals surface area contributed by atoms with Crippen LogP contribution in [0.1, 0.15) is 39.0 Å². The number of carbonyl (C=O) groups is 1. The normalized spacial score (nSPS) is 19.5. The molecular weight excluding hydrogens is 204 g/mol. The van der Waals surface area contributed by atoms with Crippen LogP contribution in [0, 0.1) is 0 Å². The van der Waals surface area contributed by atoms with Gasteiger partial charge in [0.2, 0.25) is 0 Å². The Labute approximate surface area is 98.3 Å². The minimum atomic E-state index is -0.297. The summed E-state index contributed by atoms with van der Waals surface area (Å²) in [6.45, 7) is 2.95. The Balaban J connectivity index is 2.47.